The number of carbonyl (C=O) groups is 3. The Morgan fingerprint density at radius 2 is 2.04 bits per heavy atom. The molecule has 0 aromatic heterocycles. The molecule has 128 valence electrons. The normalized spacial score (nSPS) is 15.9. The number of hydrogen-bond acceptors (Lipinski definition) is 3. The van der Waals surface area contributed by atoms with Crippen molar-refractivity contribution in [1.29, 1.82) is 0 Å². The first-order chi connectivity index (χ1) is 11.9. The van der Waals surface area contributed by atoms with Gasteiger partial charge in [0, 0.05) is 18.7 Å². The molecular weight excluding hydrogens is 327 g/mol. The first-order valence-corrected chi connectivity index (χ1v) is 7.63. The van der Waals surface area contributed by atoms with E-state index >= 15 is 0 Å². The van der Waals surface area contributed by atoms with E-state index in [1.54, 1.807) is 12.1 Å². The zero-order valence-corrected chi connectivity index (χ0v) is 13.1. The van der Waals surface area contributed by atoms with Crippen molar-refractivity contribution in [1.82, 2.24) is 5.32 Å². The van der Waals surface area contributed by atoms with Gasteiger partial charge < -0.3 is 15.7 Å². The first kappa shape index (κ1) is 16.6. The van der Waals surface area contributed by atoms with E-state index in [2.05, 4.69) is 10.6 Å². The number of aromatic carboxylic acids is 1. The van der Waals surface area contributed by atoms with Gasteiger partial charge in [-0.15, -0.1) is 0 Å². The monoisotopic (exact) mass is 342 g/mol. The van der Waals surface area contributed by atoms with E-state index in [-0.39, 0.29) is 30.3 Å². The third-order valence-electron chi connectivity index (χ3n) is 4.01. The topological polar surface area (TPSA) is 95.5 Å². The Hall–Kier alpha value is -3.22. The SMILES string of the molecule is O=C1C[C@H](C(=O)NCc2cccc(C(=O)O)c2)c2ccc(F)cc2N1. The Morgan fingerprint density at radius 3 is 2.80 bits per heavy atom. The second-order valence-electron chi connectivity index (χ2n) is 5.76. The molecule has 0 aliphatic carbocycles. The Kier molecular flexibility index (Phi) is 4.47. The third kappa shape index (κ3) is 3.65. The zero-order valence-electron chi connectivity index (χ0n) is 13.1. The van der Waals surface area contributed by atoms with Crippen molar-refractivity contribution < 1.29 is 23.9 Å². The van der Waals surface area contributed by atoms with Gasteiger partial charge >= 0.3 is 5.97 Å². The third-order valence-corrected chi connectivity index (χ3v) is 4.01. The van der Waals surface area contributed by atoms with Crippen molar-refractivity contribution in [2.75, 3.05) is 5.32 Å². The van der Waals surface area contributed by atoms with Crippen LogP contribution in [0.15, 0.2) is 42.5 Å². The number of carbonyl (C=O) groups excluding carboxylic acids is 2. The summed E-state index contributed by atoms with van der Waals surface area (Å²) < 4.78 is 13.3. The summed E-state index contributed by atoms with van der Waals surface area (Å²) in [7, 11) is 0. The molecule has 6 nitrogen and oxygen atoms in total. The molecular formula is C18H15FN2O4. The van der Waals surface area contributed by atoms with Gasteiger partial charge in [0.15, 0.2) is 0 Å². The number of carboxylic acid groups (broad SMARTS) is 1. The highest BCUT2D eigenvalue weighted by atomic mass is 19.1. The Balaban J connectivity index is 1.75. The van der Waals surface area contributed by atoms with Crippen molar-refractivity contribution in [2.24, 2.45) is 0 Å². The van der Waals surface area contributed by atoms with Gasteiger partial charge in [0.25, 0.3) is 0 Å². The number of carboxylic acids is 1. The molecule has 0 spiro atoms. The van der Waals surface area contributed by atoms with E-state index in [4.69, 9.17) is 5.11 Å². The van der Waals surface area contributed by atoms with Crippen LogP contribution in [-0.4, -0.2) is 22.9 Å². The smallest absolute Gasteiger partial charge is 0.335 e. The molecule has 2 amide bonds. The highest BCUT2D eigenvalue weighted by molar-refractivity contribution is 6.01. The molecule has 7 heteroatoms. The Labute approximate surface area is 142 Å². The Bertz CT molecular complexity index is 866. The second-order valence-corrected chi connectivity index (χ2v) is 5.76. The quantitative estimate of drug-likeness (QED) is 0.794. The lowest BCUT2D eigenvalue weighted by Gasteiger charge is -2.25. The lowest BCUT2D eigenvalue weighted by molar-refractivity contribution is -0.126. The van der Waals surface area contributed by atoms with Gasteiger partial charge in [-0.05, 0) is 35.4 Å². The summed E-state index contributed by atoms with van der Waals surface area (Å²) in [6.07, 6.45) is -0.0281. The molecule has 3 N–H and O–H groups in total. The van der Waals surface area contributed by atoms with Crippen LogP contribution in [0.1, 0.15) is 33.8 Å². The predicted octanol–water partition coefficient (Wildman–Crippen LogP) is 2.27. The highest BCUT2D eigenvalue weighted by Crippen LogP contribution is 2.32. The molecule has 1 aliphatic rings. The minimum atomic E-state index is -1.05. The van der Waals surface area contributed by atoms with Crippen LogP contribution in [0.25, 0.3) is 0 Å². The number of anilines is 1. The molecule has 0 unspecified atom stereocenters. The molecule has 2 aromatic rings. The van der Waals surface area contributed by atoms with Gasteiger partial charge in [0.05, 0.1) is 11.5 Å². The van der Waals surface area contributed by atoms with Crippen LogP contribution in [-0.2, 0) is 16.1 Å². The summed E-state index contributed by atoms with van der Waals surface area (Å²) >= 11 is 0. The lowest BCUT2D eigenvalue weighted by atomic mass is 9.89. The van der Waals surface area contributed by atoms with E-state index in [1.165, 1.54) is 30.3 Å². The number of halogens is 1. The number of benzene rings is 2. The number of rotatable bonds is 4. The fraction of sp³-hybridized carbons (Fsp3) is 0.167. The van der Waals surface area contributed by atoms with E-state index in [0.717, 1.165) is 0 Å². The van der Waals surface area contributed by atoms with Crippen LogP contribution in [0.2, 0.25) is 0 Å². The molecule has 2 aromatic carbocycles. The van der Waals surface area contributed by atoms with E-state index in [0.29, 0.717) is 16.8 Å². The molecule has 1 aliphatic heterocycles. The maximum atomic E-state index is 13.3. The van der Waals surface area contributed by atoms with Crippen LogP contribution in [0.3, 0.4) is 0 Å². The number of nitrogens with one attached hydrogen (secondary N) is 2. The van der Waals surface area contributed by atoms with Crippen molar-refractivity contribution in [2.45, 2.75) is 18.9 Å². The van der Waals surface area contributed by atoms with Gasteiger partial charge in [0.2, 0.25) is 11.8 Å². The summed E-state index contributed by atoms with van der Waals surface area (Å²) in [5.74, 6) is -2.99. The van der Waals surface area contributed by atoms with Crippen LogP contribution in [0, 0.1) is 5.82 Å². The van der Waals surface area contributed by atoms with Crippen LogP contribution < -0.4 is 10.6 Å². The molecule has 0 radical (unpaired) electrons. The fourth-order valence-corrected chi connectivity index (χ4v) is 2.80. The van der Waals surface area contributed by atoms with Crippen LogP contribution in [0.4, 0.5) is 10.1 Å². The molecule has 0 saturated heterocycles. The molecule has 3 rings (SSSR count). The van der Waals surface area contributed by atoms with Gasteiger partial charge in [0.1, 0.15) is 5.82 Å². The average molecular weight is 342 g/mol. The second kappa shape index (κ2) is 6.72. The number of fused-ring (bicyclic) bond motifs is 1. The molecule has 1 atom stereocenters. The van der Waals surface area contributed by atoms with Gasteiger partial charge in [-0.3, -0.25) is 9.59 Å². The van der Waals surface area contributed by atoms with E-state index in [9.17, 15) is 18.8 Å². The minimum Gasteiger partial charge on any atom is -0.478 e. The minimum absolute atomic E-state index is 0.0281. The van der Waals surface area contributed by atoms with E-state index < -0.39 is 17.7 Å². The fourth-order valence-electron chi connectivity index (χ4n) is 2.80. The van der Waals surface area contributed by atoms with Crippen LogP contribution >= 0.6 is 0 Å². The van der Waals surface area contributed by atoms with Crippen molar-refractivity contribution in [3.63, 3.8) is 0 Å². The summed E-state index contributed by atoms with van der Waals surface area (Å²) in [4.78, 5) is 35.2. The number of hydrogen-bond donors (Lipinski definition) is 3. The molecule has 1 heterocycles. The highest BCUT2D eigenvalue weighted by Gasteiger charge is 2.30. The van der Waals surface area contributed by atoms with Crippen molar-refractivity contribution in [3.05, 3.63) is 65.0 Å². The predicted molar refractivity (Wildman–Crippen MR) is 87.6 cm³/mol. The summed E-state index contributed by atoms with van der Waals surface area (Å²) in [5, 5.41) is 14.2. The zero-order chi connectivity index (χ0) is 18.0. The van der Waals surface area contributed by atoms with Crippen LogP contribution in [0.5, 0.6) is 0 Å². The van der Waals surface area contributed by atoms with Gasteiger partial charge in [-0.1, -0.05) is 18.2 Å². The van der Waals surface area contributed by atoms with E-state index in [1.807, 2.05) is 0 Å². The molecule has 0 bridgehead atoms. The standard InChI is InChI=1S/C18H15FN2O4/c19-12-4-5-13-14(8-16(22)21-15(13)7-12)17(23)20-9-10-2-1-3-11(6-10)18(24)25/h1-7,14H,8-9H2,(H,20,23)(H,21,22)(H,24,25)/t14-/m0/s1. The van der Waals surface area contributed by atoms with Gasteiger partial charge in [-0.25, -0.2) is 9.18 Å². The summed E-state index contributed by atoms with van der Waals surface area (Å²) in [5.41, 5.74) is 1.61. The molecule has 0 fully saturated rings. The molecule has 0 saturated carbocycles. The molecule has 25 heavy (non-hydrogen) atoms. The number of amides is 2. The van der Waals surface area contributed by atoms with Gasteiger partial charge in [-0.2, -0.15) is 0 Å². The average Bonchev–Trinajstić information content (AvgIpc) is 2.58. The lowest BCUT2D eigenvalue weighted by Crippen LogP contribution is -2.34. The largest absolute Gasteiger partial charge is 0.478 e. The summed E-state index contributed by atoms with van der Waals surface area (Å²) in [6, 6.07) is 10.1. The Morgan fingerprint density at radius 1 is 1.24 bits per heavy atom. The first-order valence-electron chi connectivity index (χ1n) is 7.63. The van der Waals surface area contributed by atoms with Crippen molar-refractivity contribution in [3.8, 4) is 0 Å². The van der Waals surface area contributed by atoms with Crippen molar-refractivity contribution >= 4 is 23.5 Å². The maximum Gasteiger partial charge on any atom is 0.335 e. The summed E-state index contributed by atoms with van der Waals surface area (Å²) in [6.45, 7) is 0.134. The maximum absolute atomic E-state index is 13.3.